The van der Waals surface area contributed by atoms with Crippen molar-refractivity contribution in [3.05, 3.63) is 45.7 Å². The second-order valence-electron chi connectivity index (χ2n) is 5.68. The zero-order chi connectivity index (χ0) is 18.0. The monoisotopic (exact) mass is 357 g/mol. The Morgan fingerprint density at radius 1 is 1.28 bits per heavy atom. The molecule has 0 unspecified atom stereocenters. The minimum atomic E-state index is -0.289. The summed E-state index contributed by atoms with van der Waals surface area (Å²) in [7, 11) is 0. The van der Waals surface area contributed by atoms with E-state index in [9.17, 15) is 4.79 Å². The standard InChI is InChI=1S/C16H19N7OS/c1-9(15-10(2)25-12(4)18-15)17-16(24)19-13-6-5-7-14(8-13)23-11(3)20-21-22-23/h5-9H,1-4H3,(H2,17,19,24)/t9-/m0/s1. The van der Waals surface area contributed by atoms with Crippen molar-refractivity contribution in [3.8, 4) is 5.69 Å². The SMILES string of the molecule is Cc1nc([C@H](C)NC(=O)Nc2cccc(-n3nnnc3C)c2)c(C)s1. The van der Waals surface area contributed by atoms with Gasteiger partial charge in [0.25, 0.3) is 0 Å². The van der Waals surface area contributed by atoms with Crippen molar-refractivity contribution in [2.75, 3.05) is 5.32 Å². The number of benzene rings is 1. The van der Waals surface area contributed by atoms with E-state index in [4.69, 9.17) is 0 Å². The van der Waals surface area contributed by atoms with E-state index < -0.39 is 0 Å². The molecule has 0 aliphatic heterocycles. The van der Waals surface area contributed by atoms with E-state index in [2.05, 4.69) is 31.1 Å². The molecule has 0 aliphatic carbocycles. The average Bonchev–Trinajstić information content (AvgIpc) is 3.12. The lowest BCUT2D eigenvalue weighted by Gasteiger charge is -2.14. The molecule has 1 aromatic carbocycles. The Labute approximate surface area is 149 Å². The van der Waals surface area contributed by atoms with Crippen molar-refractivity contribution in [2.24, 2.45) is 0 Å². The van der Waals surface area contributed by atoms with E-state index in [1.54, 1.807) is 16.0 Å². The molecular formula is C16H19N7OS. The van der Waals surface area contributed by atoms with Crippen LogP contribution in [0, 0.1) is 20.8 Å². The Hall–Kier alpha value is -2.81. The molecule has 9 heteroatoms. The number of urea groups is 1. The van der Waals surface area contributed by atoms with Gasteiger partial charge in [-0.15, -0.1) is 16.4 Å². The summed E-state index contributed by atoms with van der Waals surface area (Å²) in [6.07, 6.45) is 0. The van der Waals surface area contributed by atoms with Crippen LogP contribution in [0.4, 0.5) is 10.5 Å². The Morgan fingerprint density at radius 3 is 2.72 bits per heavy atom. The third-order valence-electron chi connectivity index (χ3n) is 3.67. The molecule has 2 heterocycles. The van der Waals surface area contributed by atoms with E-state index in [-0.39, 0.29) is 12.1 Å². The topological polar surface area (TPSA) is 97.6 Å². The number of hydrogen-bond donors (Lipinski definition) is 2. The second kappa shape index (κ2) is 6.98. The van der Waals surface area contributed by atoms with Gasteiger partial charge in [-0.25, -0.2) is 9.78 Å². The number of aryl methyl sites for hydroxylation is 3. The number of amides is 2. The summed E-state index contributed by atoms with van der Waals surface area (Å²) in [6.45, 7) is 7.70. The Bertz CT molecular complexity index is 902. The summed E-state index contributed by atoms with van der Waals surface area (Å²) >= 11 is 1.63. The van der Waals surface area contributed by atoms with Gasteiger partial charge in [0, 0.05) is 10.6 Å². The number of tetrazole rings is 1. The maximum atomic E-state index is 12.3. The maximum absolute atomic E-state index is 12.3. The molecule has 1 atom stereocenters. The largest absolute Gasteiger partial charge is 0.330 e. The van der Waals surface area contributed by atoms with Gasteiger partial charge in [-0.1, -0.05) is 6.07 Å². The molecule has 3 aromatic rings. The summed E-state index contributed by atoms with van der Waals surface area (Å²) in [5.74, 6) is 0.671. The Balaban J connectivity index is 1.69. The predicted molar refractivity (Wildman–Crippen MR) is 96.0 cm³/mol. The molecule has 2 N–H and O–H groups in total. The molecule has 3 rings (SSSR count). The third-order valence-corrected chi connectivity index (χ3v) is 4.57. The molecule has 0 fully saturated rings. The molecule has 0 saturated heterocycles. The highest BCUT2D eigenvalue weighted by atomic mass is 32.1. The summed E-state index contributed by atoms with van der Waals surface area (Å²) in [6, 6.07) is 6.87. The number of nitrogens with one attached hydrogen (secondary N) is 2. The number of carbonyl (C=O) groups is 1. The van der Waals surface area contributed by atoms with Crippen LogP contribution in [0.15, 0.2) is 24.3 Å². The molecule has 2 amide bonds. The van der Waals surface area contributed by atoms with Crippen LogP contribution in [0.25, 0.3) is 5.69 Å². The molecule has 2 aromatic heterocycles. The van der Waals surface area contributed by atoms with Gasteiger partial charge in [0.15, 0.2) is 5.82 Å². The maximum Gasteiger partial charge on any atom is 0.319 e. The number of rotatable bonds is 4. The first-order valence-electron chi connectivity index (χ1n) is 7.81. The third kappa shape index (κ3) is 3.82. The van der Waals surface area contributed by atoms with Gasteiger partial charge >= 0.3 is 6.03 Å². The number of aromatic nitrogens is 5. The molecule has 25 heavy (non-hydrogen) atoms. The Morgan fingerprint density at radius 2 is 2.08 bits per heavy atom. The molecule has 0 bridgehead atoms. The smallest absolute Gasteiger partial charge is 0.319 e. The van der Waals surface area contributed by atoms with E-state index in [0.29, 0.717) is 11.5 Å². The fraction of sp³-hybridized carbons (Fsp3) is 0.312. The average molecular weight is 357 g/mol. The number of thiazole rings is 1. The van der Waals surface area contributed by atoms with Gasteiger partial charge < -0.3 is 10.6 Å². The minimum Gasteiger partial charge on any atom is -0.330 e. The van der Waals surface area contributed by atoms with Crippen LogP contribution in [-0.4, -0.2) is 31.2 Å². The van der Waals surface area contributed by atoms with Gasteiger partial charge in [-0.05, 0) is 56.3 Å². The molecular weight excluding hydrogens is 338 g/mol. The van der Waals surface area contributed by atoms with Gasteiger partial charge in [0.2, 0.25) is 0 Å². The zero-order valence-electron chi connectivity index (χ0n) is 14.4. The fourth-order valence-corrected chi connectivity index (χ4v) is 3.48. The quantitative estimate of drug-likeness (QED) is 0.748. The van der Waals surface area contributed by atoms with Crippen molar-refractivity contribution in [3.63, 3.8) is 0 Å². The molecule has 130 valence electrons. The van der Waals surface area contributed by atoms with Gasteiger partial charge in [-0.2, -0.15) is 4.68 Å². The lowest BCUT2D eigenvalue weighted by molar-refractivity contribution is 0.249. The van der Waals surface area contributed by atoms with Crippen LogP contribution < -0.4 is 10.6 Å². The molecule has 0 aliphatic rings. The highest BCUT2D eigenvalue weighted by Gasteiger charge is 2.15. The van der Waals surface area contributed by atoms with Gasteiger partial charge in [0.1, 0.15) is 0 Å². The highest BCUT2D eigenvalue weighted by molar-refractivity contribution is 7.11. The zero-order valence-corrected chi connectivity index (χ0v) is 15.3. The molecule has 0 radical (unpaired) electrons. The number of nitrogens with zero attached hydrogens (tertiary/aromatic N) is 5. The predicted octanol–water partition coefficient (Wildman–Crippen LogP) is 2.93. The van der Waals surface area contributed by atoms with Crippen molar-refractivity contribution in [1.29, 1.82) is 0 Å². The summed E-state index contributed by atoms with van der Waals surface area (Å²) in [4.78, 5) is 17.9. The summed E-state index contributed by atoms with van der Waals surface area (Å²) in [5.41, 5.74) is 2.33. The van der Waals surface area contributed by atoms with Gasteiger partial charge in [-0.3, -0.25) is 0 Å². The van der Waals surface area contributed by atoms with Crippen LogP contribution in [0.5, 0.6) is 0 Å². The number of carbonyl (C=O) groups excluding carboxylic acids is 1. The fourth-order valence-electron chi connectivity index (χ4n) is 2.56. The number of anilines is 1. The van der Waals surface area contributed by atoms with Crippen molar-refractivity contribution < 1.29 is 4.79 Å². The number of hydrogen-bond acceptors (Lipinski definition) is 6. The minimum absolute atomic E-state index is 0.171. The Kier molecular flexibility index (Phi) is 4.75. The second-order valence-corrected chi connectivity index (χ2v) is 7.09. The van der Waals surface area contributed by atoms with Crippen molar-refractivity contribution in [1.82, 2.24) is 30.5 Å². The summed E-state index contributed by atoms with van der Waals surface area (Å²) < 4.78 is 1.60. The normalized spacial score (nSPS) is 12.0. The first-order valence-corrected chi connectivity index (χ1v) is 8.62. The van der Waals surface area contributed by atoms with Crippen molar-refractivity contribution >= 4 is 23.1 Å². The van der Waals surface area contributed by atoms with Crippen LogP contribution in [0.3, 0.4) is 0 Å². The summed E-state index contributed by atoms with van der Waals surface area (Å²) in [5, 5.41) is 18.2. The first kappa shape index (κ1) is 17.0. The van der Waals surface area contributed by atoms with Gasteiger partial charge in [0.05, 0.1) is 22.4 Å². The van der Waals surface area contributed by atoms with Crippen LogP contribution >= 0.6 is 11.3 Å². The van der Waals surface area contributed by atoms with E-state index in [1.165, 1.54) is 0 Å². The molecule has 0 spiro atoms. The lowest BCUT2D eigenvalue weighted by atomic mass is 10.2. The van der Waals surface area contributed by atoms with Crippen LogP contribution in [-0.2, 0) is 0 Å². The van der Waals surface area contributed by atoms with E-state index in [1.807, 2.05) is 52.0 Å². The lowest BCUT2D eigenvalue weighted by Crippen LogP contribution is -2.31. The van der Waals surface area contributed by atoms with Crippen LogP contribution in [0.2, 0.25) is 0 Å². The molecule has 8 nitrogen and oxygen atoms in total. The highest BCUT2D eigenvalue weighted by Crippen LogP contribution is 2.22. The van der Waals surface area contributed by atoms with E-state index in [0.717, 1.165) is 21.3 Å². The van der Waals surface area contributed by atoms with Crippen LogP contribution in [0.1, 0.15) is 34.4 Å². The first-order chi connectivity index (χ1) is 11.9. The van der Waals surface area contributed by atoms with E-state index >= 15 is 0 Å². The molecule has 0 saturated carbocycles. The van der Waals surface area contributed by atoms with Crippen molar-refractivity contribution in [2.45, 2.75) is 33.7 Å².